The first kappa shape index (κ1) is 26.6. The molecule has 1 aliphatic heterocycles. The minimum absolute atomic E-state index is 0.0342. The molecular weight excluding hydrogens is 483 g/mol. The van der Waals surface area contributed by atoms with Crippen LogP contribution in [0.4, 0.5) is 13.2 Å². The van der Waals surface area contributed by atoms with Crippen molar-refractivity contribution >= 4 is 12.0 Å². The number of rotatable bonds is 8. The van der Waals surface area contributed by atoms with Crippen molar-refractivity contribution in [2.24, 2.45) is 0 Å². The van der Waals surface area contributed by atoms with Crippen LogP contribution in [0, 0.1) is 11.6 Å². The first-order valence-electron chi connectivity index (χ1n) is 12.1. The molecule has 0 radical (unpaired) electrons. The zero-order valence-electron chi connectivity index (χ0n) is 21.0. The average molecular weight is 514 g/mol. The van der Waals surface area contributed by atoms with Gasteiger partial charge in [-0.3, -0.25) is 9.58 Å². The van der Waals surface area contributed by atoms with Crippen LogP contribution in [0.5, 0.6) is 0 Å². The molecule has 0 aliphatic carbocycles. The number of aromatic nitrogens is 2. The molecule has 0 spiro atoms. The van der Waals surface area contributed by atoms with E-state index in [0.29, 0.717) is 18.5 Å². The van der Waals surface area contributed by atoms with E-state index < -0.39 is 29.3 Å². The van der Waals surface area contributed by atoms with Crippen molar-refractivity contribution in [3.05, 3.63) is 82.7 Å². The molecule has 1 aliphatic rings. The van der Waals surface area contributed by atoms with E-state index >= 15 is 8.78 Å². The van der Waals surface area contributed by atoms with Crippen LogP contribution in [0.25, 0.3) is 17.2 Å². The van der Waals surface area contributed by atoms with Crippen LogP contribution < -0.4 is 0 Å². The van der Waals surface area contributed by atoms with E-state index in [4.69, 9.17) is 10.2 Å². The lowest BCUT2D eigenvalue weighted by atomic mass is 9.82. The fourth-order valence-corrected chi connectivity index (χ4v) is 4.97. The van der Waals surface area contributed by atoms with E-state index in [2.05, 4.69) is 5.10 Å². The van der Waals surface area contributed by atoms with Gasteiger partial charge < -0.3 is 10.2 Å². The van der Waals surface area contributed by atoms with Gasteiger partial charge in [0.15, 0.2) is 0 Å². The van der Waals surface area contributed by atoms with E-state index in [1.807, 2.05) is 31.3 Å². The molecule has 9 heteroatoms. The number of halogens is 3. The van der Waals surface area contributed by atoms with Crippen LogP contribution >= 0.6 is 0 Å². The van der Waals surface area contributed by atoms with Crippen molar-refractivity contribution in [2.75, 3.05) is 13.2 Å². The van der Waals surface area contributed by atoms with E-state index in [9.17, 15) is 9.18 Å². The molecule has 3 aromatic rings. The number of alkyl halides is 1. The number of hydrogen-bond acceptors (Lipinski definition) is 4. The van der Waals surface area contributed by atoms with Gasteiger partial charge in [-0.2, -0.15) is 5.10 Å². The maximum Gasteiger partial charge on any atom is 0.328 e. The summed E-state index contributed by atoms with van der Waals surface area (Å²) in [5.74, 6) is -2.88. The number of carboxylic acid groups (broad SMARTS) is 1. The predicted octanol–water partition coefficient (Wildman–Crippen LogP) is 5.00. The van der Waals surface area contributed by atoms with Gasteiger partial charge in [0.25, 0.3) is 0 Å². The molecule has 37 heavy (non-hydrogen) atoms. The fraction of sp³-hybridized carbons (Fsp3) is 0.357. The molecule has 0 amide bonds. The van der Waals surface area contributed by atoms with Crippen molar-refractivity contribution < 1.29 is 28.2 Å². The third-order valence-corrected chi connectivity index (χ3v) is 6.50. The van der Waals surface area contributed by atoms with Crippen molar-refractivity contribution in [1.29, 1.82) is 0 Å². The average Bonchev–Trinajstić information content (AvgIpc) is 3.27. The minimum Gasteiger partial charge on any atom is -0.478 e. The summed E-state index contributed by atoms with van der Waals surface area (Å²) in [5.41, 5.74) is 1.57. The molecular formula is C28H30F3N3O3. The summed E-state index contributed by atoms with van der Waals surface area (Å²) in [5, 5.41) is 22.3. The number of carbonyl (C=O) groups is 1. The number of carboxylic acids is 1. The first-order chi connectivity index (χ1) is 17.5. The maximum atomic E-state index is 15.5. The smallest absolute Gasteiger partial charge is 0.328 e. The second-order valence-corrected chi connectivity index (χ2v) is 10.0. The fourth-order valence-electron chi connectivity index (χ4n) is 4.97. The van der Waals surface area contributed by atoms with E-state index in [1.165, 1.54) is 13.8 Å². The summed E-state index contributed by atoms with van der Waals surface area (Å²) in [6.07, 6.45) is 6.02. The summed E-state index contributed by atoms with van der Waals surface area (Å²) in [6.45, 7) is 5.08. The molecule has 2 heterocycles. The summed E-state index contributed by atoms with van der Waals surface area (Å²) < 4.78 is 47.5. The Labute approximate surface area is 213 Å². The number of aliphatic hydroxyl groups is 1. The van der Waals surface area contributed by atoms with Gasteiger partial charge in [-0.05, 0) is 67.7 Å². The second kappa shape index (κ2) is 10.5. The summed E-state index contributed by atoms with van der Waals surface area (Å²) in [6, 6.07) is 6.74. The highest BCUT2D eigenvalue weighted by molar-refractivity contribution is 5.85. The summed E-state index contributed by atoms with van der Waals surface area (Å²) in [4.78, 5) is 12.6. The number of aliphatic hydroxyl groups excluding tert-OH is 1. The molecule has 6 nitrogen and oxygen atoms in total. The highest BCUT2D eigenvalue weighted by Gasteiger charge is 2.39. The standard InChI is InChI=1S/C28H30F3N3O3/c1-17-10-20-13-19(21-14-32-33(15-21)8-9-35)5-6-22(20)27(34(17)16-28(2,3)31)26-23(29)11-18(12-24(26)30)4-7-25(36)37/h4-7,11-15,17,27,35H,8-10,16H2,1-3H3,(H,36,37)/b7-4+/t17-,27+/m1/s1. The Morgan fingerprint density at radius 3 is 2.51 bits per heavy atom. The molecule has 0 saturated carbocycles. The number of nitrogens with zero attached hydrogens (tertiary/aromatic N) is 3. The predicted molar refractivity (Wildman–Crippen MR) is 135 cm³/mol. The lowest BCUT2D eigenvalue weighted by Gasteiger charge is -2.44. The molecule has 1 aromatic heterocycles. The first-order valence-corrected chi connectivity index (χ1v) is 12.1. The maximum absolute atomic E-state index is 15.5. The summed E-state index contributed by atoms with van der Waals surface area (Å²) in [7, 11) is 0. The Morgan fingerprint density at radius 1 is 1.19 bits per heavy atom. The number of hydrogen-bond donors (Lipinski definition) is 2. The van der Waals surface area contributed by atoms with Crippen molar-refractivity contribution in [2.45, 2.75) is 51.5 Å². The van der Waals surface area contributed by atoms with Crippen molar-refractivity contribution in [1.82, 2.24) is 14.7 Å². The Balaban J connectivity index is 1.82. The van der Waals surface area contributed by atoms with Gasteiger partial charge in [0.05, 0.1) is 25.4 Å². The molecule has 0 saturated heterocycles. The highest BCUT2D eigenvalue weighted by Crippen LogP contribution is 2.42. The van der Waals surface area contributed by atoms with Gasteiger partial charge in [0.1, 0.15) is 17.3 Å². The SMILES string of the molecule is C[C@@H]1Cc2cc(-c3cnn(CCO)c3)ccc2[C@@H](c2c(F)cc(/C=C/C(=O)O)cc2F)N1CC(C)(C)F. The van der Waals surface area contributed by atoms with Crippen LogP contribution in [0.1, 0.15) is 49.1 Å². The van der Waals surface area contributed by atoms with Gasteiger partial charge in [-0.1, -0.05) is 18.2 Å². The van der Waals surface area contributed by atoms with E-state index in [0.717, 1.165) is 41.0 Å². The Morgan fingerprint density at radius 2 is 1.89 bits per heavy atom. The van der Waals surface area contributed by atoms with Crippen LogP contribution in [0.2, 0.25) is 0 Å². The van der Waals surface area contributed by atoms with Gasteiger partial charge >= 0.3 is 5.97 Å². The van der Waals surface area contributed by atoms with Crippen LogP contribution in [0.3, 0.4) is 0 Å². The normalized spacial score (nSPS) is 18.4. The molecule has 2 aromatic carbocycles. The monoisotopic (exact) mass is 513 g/mol. The van der Waals surface area contributed by atoms with Crippen LogP contribution in [-0.2, 0) is 17.8 Å². The molecule has 4 rings (SSSR count). The van der Waals surface area contributed by atoms with Gasteiger partial charge in [-0.25, -0.2) is 18.0 Å². The summed E-state index contributed by atoms with van der Waals surface area (Å²) >= 11 is 0. The third-order valence-electron chi connectivity index (χ3n) is 6.50. The Hall–Kier alpha value is -3.43. The van der Waals surface area contributed by atoms with Gasteiger partial charge in [0.2, 0.25) is 0 Å². The highest BCUT2D eigenvalue weighted by atomic mass is 19.1. The quantitative estimate of drug-likeness (QED) is 0.415. The van der Waals surface area contributed by atoms with Crippen molar-refractivity contribution in [3.8, 4) is 11.1 Å². The molecule has 0 fully saturated rings. The molecule has 0 bridgehead atoms. The topological polar surface area (TPSA) is 78.6 Å². The minimum atomic E-state index is -1.61. The Bertz CT molecular complexity index is 1310. The lowest BCUT2D eigenvalue weighted by Crippen LogP contribution is -2.48. The van der Waals surface area contributed by atoms with E-state index in [-0.39, 0.29) is 30.3 Å². The second-order valence-electron chi connectivity index (χ2n) is 10.0. The molecule has 2 atom stereocenters. The van der Waals surface area contributed by atoms with Crippen LogP contribution in [0.15, 0.2) is 48.8 Å². The van der Waals surface area contributed by atoms with E-state index in [1.54, 1.807) is 15.8 Å². The van der Waals surface area contributed by atoms with Gasteiger partial charge in [0, 0.05) is 36.0 Å². The zero-order chi connectivity index (χ0) is 26.9. The Kier molecular flexibility index (Phi) is 7.57. The largest absolute Gasteiger partial charge is 0.478 e. The lowest BCUT2D eigenvalue weighted by molar-refractivity contribution is -0.131. The zero-order valence-corrected chi connectivity index (χ0v) is 21.0. The molecule has 2 N–H and O–H groups in total. The number of aliphatic carboxylic acids is 1. The van der Waals surface area contributed by atoms with Crippen molar-refractivity contribution in [3.63, 3.8) is 0 Å². The van der Waals surface area contributed by atoms with Gasteiger partial charge in [-0.15, -0.1) is 0 Å². The third kappa shape index (κ3) is 5.94. The molecule has 0 unspecified atom stereocenters. The van der Waals surface area contributed by atoms with Crippen LogP contribution in [-0.4, -0.2) is 55.7 Å². The molecule has 196 valence electrons. The number of benzene rings is 2. The number of fused-ring (bicyclic) bond motifs is 1.